The summed E-state index contributed by atoms with van der Waals surface area (Å²) in [6.45, 7) is 5.51. The molecule has 0 unspecified atom stereocenters. The monoisotopic (exact) mass is 425 g/mol. The van der Waals surface area contributed by atoms with Gasteiger partial charge in [0.15, 0.2) is 9.84 Å². The van der Waals surface area contributed by atoms with Gasteiger partial charge in [0, 0.05) is 23.7 Å². The van der Waals surface area contributed by atoms with E-state index in [0.29, 0.717) is 22.5 Å². The molecule has 3 rings (SSSR count). The summed E-state index contributed by atoms with van der Waals surface area (Å²) in [5.74, 6) is -0.670. The predicted octanol–water partition coefficient (Wildman–Crippen LogP) is 3.16. The van der Waals surface area contributed by atoms with E-state index in [-0.39, 0.29) is 28.5 Å². The summed E-state index contributed by atoms with van der Waals surface area (Å²) in [7, 11) is -3.70. The van der Waals surface area contributed by atoms with Crippen molar-refractivity contribution in [3.05, 3.63) is 75.6 Å². The molecular weight excluding hydrogens is 402 g/mol. The number of benzene rings is 2. The number of rotatable bonds is 6. The summed E-state index contributed by atoms with van der Waals surface area (Å²) in [5, 5.41) is 9.06. The molecule has 0 fully saturated rings. The molecule has 1 heterocycles. The van der Waals surface area contributed by atoms with Crippen LogP contribution in [0.5, 0.6) is 0 Å². The molecule has 2 aromatic carbocycles. The lowest BCUT2D eigenvalue weighted by Crippen LogP contribution is -2.18. The van der Waals surface area contributed by atoms with Crippen LogP contribution in [0.15, 0.2) is 58.2 Å². The Balaban J connectivity index is 1.77. The number of aromatic nitrogens is 2. The highest BCUT2D eigenvalue weighted by molar-refractivity contribution is 7.91. The van der Waals surface area contributed by atoms with Gasteiger partial charge in [-0.1, -0.05) is 24.3 Å². The first-order chi connectivity index (χ1) is 14.2. The Morgan fingerprint density at radius 1 is 1.00 bits per heavy atom. The lowest BCUT2D eigenvalue weighted by atomic mass is 10.1. The lowest BCUT2D eigenvalue weighted by molar-refractivity contribution is -0.115. The van der Waals surface area contributed by atoms with Crippen molar-refractivity contribution in [1.82, 2.24) is 10.2 Å². The molecule has 1 amide bonds. The van der Waals surface area contributed by atoms with Crippen molar-refractivity contribution in [2.45, 2.75) is 32.1 Å². The first kappa shape index (κ1) is 21.4. The predicted molar refractivity (Wildman–Crippen MR) is 116 cm³/mol. The summed E-state index contributed by atoms with van der Waals surface area (Å²) >= 11 is 0. The number of aromatic amines is 1. The van der Waals surface area contributed by atoms with Gasteiger partial charge in [0.1, 0.15) is 0 Å². The Hall–Kier alpha value is -3.26. The molecule has 0 aliphatic carbocycles. The van der Waals surface area contributed by atoms with E-state index in [2.05, 4.69) is 15.5 Å². The average molecular weight is 426 g/mol. The van der Waals surface area contributed by atoms with Crippen LogP contribution in [0.1, 0.15) is 23.1 Å². The van der Waals surface area contributed by atoms with Gasteiger partial charge < -0.3 is 5.32 Å². The van der Waals surface area contributed by atoms with Crippen molar-refractivity contribution in [2.75, 3.05) is 11.1 Å². The highest BCUT2D eigenvalue weighted by Gasteiger charge is 2.20. The zero-order valence-electron chi connectivity index (χ0n) is 17.0. The molecule has 0 saturated carbocycles. The summed E-state index contributed by atoms with van der Waals surface area (Å²) in [6, 6.07) is 13.5. The second kappa shape index (κ2) is 8.62. The van der Waals surface area contributed by atoms with Gasteiger partial charge in [0.25, 0.3) is 5.56 Å². The summed E-state index contributed by atoms with van der Waals surface area (Å²) in [6.07, 6.45) is -0.156. The van der Waals surface area contributed by atoms with Crippen LogP contribution in [-0.4, -0.2) is 30.3 Å². The Bertz CT molecular complexity index is 1240. The van der Waals surface area contributed by atoms with Gasteiger partial charge in [-0.15, -0.1) is 0 Å². The molecular formula is C22H23N3O4S. The molecule has 3 aromatic rings. The maximum Gasteiger partial charge on any atom is 0.264 e. The smallest absolute Gasteiger partial charge is 0.264 e. The summed E-state index contributed by atoms with van der Waals surface area (Å²) < 4.78 is 25.8. The average Bonchev–Trinajstić information content (AvgIpc) is 2.70. The van der Waals surface area contributed by atoms with E-state index in [0.717, 1.165) is 11.1 Å². The highest BCUT2D eigenvalue weighted by Crippen LogP contribution is 2.25. The number of anilines is 1. The van der Waals surface area contributed by atoms with E-state index in [1.54, 1.807) is 19.1 Å². The molecule has 2 N–H and O–H groups in total. The van der Waals surface area contributed by atoms with Crippen LogP contribution in [0.2, 0.25) is 0 Å². The molecule has 0 atom stereocenters. The standard InChI is InChI=1S/C22H23N3O4S/c1-14-4-5-15(2)19(12-14)23-21(26)10-11-30(28,29)20-13-17(7-6-16(20)3)18-8-9-22(27)25-24-18/h4-9,12-13H,10-11H2,1-3H3,(H,23,26)(H,25,27). The van der Waals surface area contributed by atoms with Crippen molar-refractivity contribution in [3.63, 3.8) is 0 Å². The second-order valence-corrected chi connectivity index (χ2v) is 9.30. The third kappa shape index (κ3) is 5.01. The molecule has 0 saturated heterocycles. The third-order valence-corrected chi connectivity index (χ3v) is 6.61. The summed E-state index contributed by atoms with van der Waals surface area (Å²) in [5.41, 5.74) is 3.86. The van der Waals surface area contributed by atoms with Crippen molar-refractivity contribution in [3.8, 4) is 11.3 Å². The number of hydrogen-bond acceptors (Lipinski definition) is 5. The fourth-order valence-electron chi connectivity index (χ4n) is 3.02. The molecule has 0 aliphatic rings. The maximum absolute atomic E-state index is 12.9. The number of H-pyrrole nitrogens is 1. The molecule has 0 aliphatic heterocycles. The molecule has 0 spiro atoms. The van der Waals surface area contributed by atoms with E-state index in [9.17, 15) is 18.0 Å². The molecule has 7 nitrogen and oxygen atoms in total. The lowest BCUT2D eigenvalue weighted by Gasteiger charge is -2.11. The van der Waals surface area contributed by atoms with Crippen molar-refractivity contribution >= 4 is 21.4 Å². The SMILES string of the molecule is Cc1ccc(C)c(NC(=O)CCS(=O)(=O)c2cc(-c3ccc(=O)[nH]n3)ccc2C)c1. The number of carbonyl (C=O) groups is 1. The third-order valence-electron chi connectivity index (χ3n) is 4.76. The zero-order chi connectivity index (χ0) is 21.9. The van der Waals surface area contributed by atoms with Crippen LogP contribution >= 0.6 is 0 Å². The van der Waals surface area contributed by atoms with Crippen LogP contribution in [-0.2, 0) is 14.6 Å². The van der Waals surface area contributed by atoms with Gasteiger partial charge in [-0.2, -0.15) is 5.10 Å². The first-order valence-corrected chi connectivity index (χ1v) is 11.1. The molecule has 1 aromatic heterocycles. The fourth-order valence-corrected chi connectivity index (χ4v) is 4.56. The molecule has 156 valence electrons. The second-order valence-electron chi connectivity index (χ2n) is 7.22. The number of carbonyl (C=O) groups excluding carboxylic acids is 1. The van der Waals surface area contributed by atoms with Crippen molar-refractivity contribution in [1.29, 1.82) is 0 Å². The Morgan fingerprint density at radius 3 is 2.43 bits per heavy atom. The van der Waals surface area contributed by atoms with Crippen LogP contribution < -0.4 is 10.9 Å². The Kier molecular flexibility index (Phi) is 6.17. The van der Waals surface area contributed by atoms with Crippen LogP contribution in [0.4, 0.5) is 5.69 Å². The molecule has 0 radical (unpaired) electrons. The van der Waals surface area contributed by atoms with Gasteiger partial charge in [-0.3, -0.25) is 9.59 Å². The highest BCUT2D eigenvalue weighted by atomic mass is 32.2. The molecule has 0 bridgehead atoms. The van der Waals surface area contributed by atoms with E-state index in [1.807, 2.05) is 32.0 Å². The maximum atomic E-state index is 12.9. The van der Waals surface area contributed by atoms with E-state index in [1.165, 1.54) is 18.2 Å². The van der Waals surface area contributed by atoms with Gasteiger partial charge in [0.05, 0.1) is 16.3 Å². The quantitative estimate of drug-likeness (QED) is 0.630. The van der Waals surface area contributed by atoms with E-state index >= 15 is 0 Å². The van der Waals surface area contributed by atoms with Gasteiger partial charge in [-0.25, -0.2) is 13.5 Å². The number of nitrogens with zero attached hydrogens (tertiary/aromatic N) is 1. The van der Waals surface area contributed by atoms with Gasteiger partial charge in [0.2, 0.25) is 5.91 Å². The normalized spacial score (nSPS) is 11.3. The Morgan fingerprint density at radius 2 is 1.73 bits per heavy atom. The number of aryl methyl sites for hydroxylation is 3. The number of amides is 1. The summed E-state index contributed by atoms with van der Waals surface area (Å²) in [4.78, 5) is 23.7. The molecule has 8 heteroatoms. The number of nitrogens with one attached hydrogen (secondary N) is 2. The minimum absolute atomic E-state index is 0.146. The van der Waals surface area contributed by atoms with Crippen molar-refractivity contribution < 1.29 is 13.2 Å². The first-order valence-electron chi connectivity index (χ1n) is 9.42. The van der Waals surface area contributed by atoms with Crippen LogP contribution in [0, 0.1) is 20.8 Å². The van der Waals surface area contributed by atoms with Crippen LogP contribution in [0.25, 0.3) is 11.3 Å². The fraction of sp³-hybridized carbons (Fsp3) is 0.227. The zero-order valence-corrected chi connectivity index (χ0v) is 17.8. The largest absolute Gasteiger partial charge is 0.326 e. The van der Waals surface area contributed by atoms with Crippen LogP contribution in [0.3, 0.4) is 0 Å². The van der Waals surface area contributed by atoms with Gasteiger partial charge >= 0.3 is 0 Å². The topological polar surface area (TPSA) is 109 Å². The number of sulfone groups is 1. The number of hydrogen-bond donors (Lipinski definition) is 2. The Labute approximate surface area is 175 Å². The van der Waals surface area contributed by atoms with Gasteiger partial charge in [-0.05, 0) is 55.7 Å². The van der Waals surface area contributed by atoms with Crippen molar-refractivity contribution in [2.24, 2.45) is 0 Å². The molecule has 30 heavy (non-hydrogen) atoms. The van der Waals surface area contributed by atoms with E-state index < -0.39 is 9.84 Å². The minimum Gasteiger partial charge on any atom is -0.326 e. The van der Waals surface area contributed by atoms with E-state index in [4.69, 9.17) is 0 Å². The minimum atomic E-state index is -3.70.